The van der Waals surface area contributed by atoms with Gasteiger partial charge in [-0.15, -0.1) is 0 Å². The van der Waals surface area contributed by atoms with Gasteiger partial charge in [0.1, 0.15) is 6.04 Å². The lowest BCUT2D eigenvalue weighted by molar-refractivity contribution is -0.138. The third kappa shape index (κ3) is 4.03. The van der Waals surface area contributed by atoms with Gasteiger partial charge in [0.2, 0.25) is 10.0 Å². The summed E-state index contributed by atoms with van der Waals surface area (Å²) < 4.78 is 23.6. The normalized spacial score (nSPS) is 14.3. The van der Waals surface area contributed by atoms with Gasteiger partial charge in [-0.25, -0.2) is 12.7 Å². The number of carboxylic acid groups (broad SMARTS) is 1. The molecular weight excluding hydrogens is 208 g/mol. The minimum Gasteiger partial charge on any atom is -0.480 e. The van der Waals surface area contributed by atoms with Crippen LogP contribution in [0.4, 0.5) is 0 Å². The lowest BCUT2D eigenvalue weighted by atomic mass is 10.2. The number of aliphatic carboxylic acids is 1. The largest absolute Gasteiger partial charge is 0.480 e. The Morgan fingerprint density at radius 3 is 2.43 bits per heavy atom. The van der Waals surface area contributed by atoms with Crippen molar-refractivity contribution in [3.8, 4) is 0 Å². The molecule has 0 aliphatic rings. The summed E-state index contributed by atoms with van der Waals surface area (Å²) in [6.45, 7) is 1.66. The molecular formula is C7H16N2O4S. The minimum atomic E-state index is -3.23. The van der Waals surface area contributed by atoms with Crippen LogP contribution in [0.15, 0.2) is 0 Å². The number of rotatable bonds is 6. The lowest BCUT2D eigenvalue weighted by Crippen LogP contribution is -2.36. The van der Waals surface area contributed by atoms with Crippen LogP contribution < -0.4 is 5.73 Å². The molecule has 0 amide bonds. The highest BCUT2D eigenvalue weighted by molar-refractivity contribution is 7.89. The van der Waals surface area contributed by atoms with Crippen molar-refractivity contribution in [1.29, 1.82) is 0 Å². The van der Waals surface area contributed by atoms with Crippen molar-refractivity contribution in [3.05, 3.63) is 0 Å². The molecule has 0 radical (unpaired) electrons. The zero-order valence-corrected chi connectivity index (χ0v) is 9.12. The predicted octanol–water partition coefficient (Wildman–Crippen LogP) is -0.930. The maximum absolute atomic E-state index is 11.2. The quantitative estimate of drug-likeness (QED) is 0.607. The van der Waals surface area contributed by atoms with E-state index in [0.29, 0.717) is 0 Å². The Balaban J connectivity index is 4.10. The number of nitrogens with two attached hydrogens (primary N) is 1. The third-order valence-corrected chi connectivity index (χ3v) is 3.77. The first-order valence-electron chi connectivity index (χ1n) is 4.23. The van der Waals surface area contributed by atoms with Crippen LogP contribution in [0, 0.1) is 0 Å². The fourth-order valence-corrected chi connectivity index (χ4v) is 1.63. The van der Waals surface area contributed by atoms with E-state index in [-0.39, 0.29) is 18.7 Å². The van der Waals surface area contributed by atoms with Crippen LogP contribution in [0.3, 0.4) is 0 Å². The maximum atomic E-state index is 11.2. The number of carbonyl (C=O) groups is 1. The second-order valence-electron chi connectivity index (χ2n) is 2.96. The van der Waals surface area contributed by atoms with Gasteiger partial charge in [0.05, 0.1) is 5.75 Å². The second-order valence-corrected chi connectivity index (χ2v) is 5.32. The predicted molar refractivity (Wildman–Crippen MR) is 52.3 cm³/mol. The Morgan fingerprint density at radius 2 is 2.07 bits per heavy atom. The summed E-state index contributed by atoms with van der Waals surface area (Å²) in [5.74, 6) is -1.11. The summed E-state index contributed by atoms with van der Waals surface area (Å²) in [6, 6.07) is -1.01. The summed E-state index contributed by atoms with van der Waals surface area (Å²) in [7, 11) is -1.82. The van der Waals surface area contributed by atoms with Crippen LogP contribution >= 0.6 is 0 Å². The van der Waals surface area contributed by atoms with Gasteiger partial charge in [0.25, 0.3) is 0 Å². The van der Waals surface area contributed by atoms with Gasteiger partial charge in [-0.2, -0.15) is 0 Å². The molecule has 0 aromatic carbocycles. The molecule has 0 spiro atoms. The molecule has 84 valence electrons. The highest BCUT2D eigenvalue weighted by Crippen LogP contribution is 2.00. The molecule has 0 aromatic rings. The highest BCUT2D eigenvalue weighted by Gasteiger charge is 2.18. The van der Waals surface area contributed by atoms with E-state index in [2.05, 4.69) is 0 Å². The first-order valence-corrected chi connectivity index (χ1v) is 5.84. The molecule has 1 atom stereocenters. The number of nitrogens with zero attached hydrogens (tertiary/aromatic N) is 1. The van der Waals surface area contributed by atoms with Crippen molar-refractivity contribution >= 4 is 16.0 Å². The van der Waals surface area contributed by atoms with E-state index >= 15 is 0 Å². The van der Waals surface area contributed by atoms with E-state index in [4.69, 9.17) is 10.8 Å². The smallest absolute Gasteiger partial charge is 0.320 e. The van der Waals surface area contributed by atoms with E-state index < -0.39 is 22.0 Å². The van der Waals surface area contributed by atoms with E-state index in [1.54, 1.807) is 0 Å². The van der Waals surface area contributed by atoms with Crippen molar-refractivity contribution < 1.29 is 18.3 Å². The average molecular weight is 224 g/mol. The zero-order chi connectivity index (χ0) is 11.4. The Bertz CT molecular complexity index is 288. The Kier molecular flexibility index (Phi) is 5.03. The monoisotopic (exact) mass is 224 g/mol. The third-order valence-electron chi connectivity index (χ3n) is 1.91. The number of carboxylic acids is 1. The summed E-state index contributed by atoms with van der Waals surface area (Å²) in [5.41, 5.74) is 5.23. The molecule has 0 heterocycles. The summed E-state index contributed by atoms with van der Waals surface area (Å²) in [6.07, 6.45) is 0.116. The first kappa shape index (κ1) is 13.3. The lowest BCUT2D eigenvalue weighted by Gasteiger charge is -2.16. The van der Waals surface area contributed by atoms with Crippen molar-refractivity contribution in [3.63, 3.8) is 0 Å². The molecule has 6 nitrogen and oxygen atoms in total. The summed E-state index contributed by atoms with van der Waals surface area (Å²) >= 11 is 0. The summed E-state index contributed by atoms with van der Waals surface area (Å²) in [5, 5.41) is 8.46. The summed E-state index contributed by atoms with van der Waals surface area (Å²) in [4.78, 5) is 10.3. The van der Waals surface area contributed by atoms with Crippen LogP contribution in [0.5, 0.6) is 0 Å². The van der Waals surface area contributed by atoms with Gasteiger partial charge in [-0.3, -0.25) is 4.79 Å². The van der Waals surface area contributed by atoms with Gasteiger partial charge in [-0.05, 0) is 13.3 Å². The maximum Gasteiger partial charge on any atom is 0.320 e. The van der Waals surface area contributed by atoms with Gasteiger partial charge in [0, 0.05) is 13.6 Å². The van der Waals surface area contributed by atoms with Crippen molar-refractivity contribution in [2.24, 2.45) is 5.73 Å². The Labute approximate surface area is 83.7 Å². The molecule has 0 aliphatic carbocycles. The second kappa shape index (κ2) is 5.28. The van der Waals surface area contributed by atoms with Crippen LogP contribution in [0.1, 0.15) is 13.3 Å². The average Bonchev–Trinajstić information content (AvgIpc) is 2.13. The van der Waals surface area contributed by atoms with Gasteiger partial charge < -0.3 is 10.8 Å². The standard InChI is InChI=1S/C7H16N2O4S/c1-3-14(12,13)9(2)5-4-6(8)7(10)11/h6H,3-5,8H2,1-2H3,(H,10,11). The van der Waals surface area contributed by atoms with E-state index in [1.165, 1.54) is 14.0 Å². The minimum absolute atomic E-state index is 0.00576. The molecule has 0 aromatic heterocycles. The highest BCUT2D eigenvalue weighted by atomic mass is 32.2. The van der Waals surface area contributed by atoms with Gasteiger partial charge >= 0.3 is 5.97 Å². The van der Waals surface area contributed by atoms with E-state index in [0.717, 1.165) is 4.31 Å². The molecule has 1 unspecified atom stereocenters. The molecule has 0 bridgehead atoms. The van der Waals surface area contributed by atoms with Crippen molar-refractivity contribution in [2.45, 2.75) is 19.4 Å². The van der Waals surface area contributed by atoms with Crippen LogP contribution in [0.25, 0.3) is 0 Å². The van der Waals surface area contributed by atoms with E-state index in [9.17, 15) is 13.2 Å². The topological polar surface area (TPSA) is 101 Å². The molecule has 0 saturated carbocycles. The van der Waals surface area contributed by atoms with Crippen molar-refractivity contribution in [1.82, 2.24) is 4.31 Å². The number of sulfonamides is 1. The zero-order valence-electron chi connectivity index (χ0n) is 8.30. The fourth-order valence-electron chi connectivity index (χ4n) is 0.804. The molecule has 14 heavy (non-hydrogen) atoms. The van der Waals surface area contributed by atoms with Gasteiger partial charge in [0.15, 0.2) is 0 Å². The number of hydrogen-bond acceptors (Lipinski definition) is 4. The molecule has 0 aliphatic heterocycles. The van der Waals surface area contributed by atoms with E-state index in [1.807, 2.05) is 0 Å². The Morgan fingerprint density at radius 1 is 1.57 bits per heavy atom. The van der Waals surface area contributed by atoms with Crippen LogP contribution in [-0.4, -0.2) is 49.2 Å². The molecule has 3 N–H and O–H groups in total. The molecule has 0 fully saturated rings. The molecule has 7 heteroatoms. The van der Waals surface area contributed by atoms with Gasteiger partial charge in [-0.1, -0.05) is 0 Å². The van der Waals surface area contributed by atoms with Crippen molar-refractivity contribution in [2.75, 3.05) is 19.3 Å². The fraction of sp³-hybridized carbons (Fsp3) is 0.857. The van der Waals surface area contributed by atoms with Crippen LogP contribution in [0.2, 0.25) is 0 Å². The number of hydrogen-bond donors (Lipinski definition) is 2. The Hall–Kier alpha value is -0.660. The molecule has 0 rings (SSSR count). The first-order chi connectivity index (χ1) is 6.31. The SMILES string of the molecule is CCS(=O)(=O)N(C)CCC(N)C(=O)O. The van der Waals surface area contributed by atoms with Crippen LogP contribution in [-0.2, 0) is 14.8 Å². The molecule has 0 saturated heterocycles.